The molecule has 0 amide bonds. The number of piperidine rings is 1. The van der Waals surface area contributed by atoms with Gasteiger partial charge in [0.2, 0.25) is 0 Å². The van der Waals surface area contributed by atoms with Crippen LogP contribution in [0.4, 0.5) is 4.39 Å². The van der Waals surface area contributed by atoms with Gasteiger partial charge in [0.15, 0.2) is 5.82 Å². The molecule has 1 aromatic carbocycles. The first kappa shape index (κ1) is 22.3. The number of amidine groups is 2. The molecular formula is C23H29ClFN7O. The molecule has 0 saturated carbocycles. The van der Waals surface area contributed by atoms with E-state index in [1.165, 1.54) is 18.0 Å². The van der Waals surface area contributed by atoms with Gasteiger partial charge in [0, 0.05) is 36.7 Å². The third-order valence-corrected chi connectivity index (χ3v) is 6.97. The van der Waals surface area contributed by atoms with Crippen LogP contribution in [-0.4, -0.2) is 75.7 Å². The number of likely N-dealkylation sites (tertiary alicyclic amines) is 1. The average molecular weight is 474 g/mol. The monoisotopic (exact) mass is 473 g/mol. The Morgan fingerprint density at radius 3 is 2.61 bits per heavy atom. The molecule has 8 nitrogen and oxygen atoms in total. The van der Waals surface area contributed by atoms with Crippen LogP contribution in [0.1, 0.15) is 24.8 Å². The van der Waals surface area contributed by atoms with Crippen molar-refractivity contribution < 1.29 is 9.13 Å². The molecule has 10 heteroatoms. The lowest BCUT2D eigenvalue weighted by molar-refractivity contribution is -0.0910. The van der Waals surface area contributed by atoms with Crippen molar-refractivity contribution in [2.75, 3.05) is 26.2 Å². The van der Waals surface area contributed by atoms with Crippen LogP contribution >= 0.6 is 11.6 Å². The van der Waals surface area contributed by atoms with Gasteiger partial charge in [-0.1, -0.05) is 23.7 Å². The van der Waals surface area contributed by atoms with Crippen molar-refractivity contribution in [1.82, 2.24) is 19.6 Å². The topological polar surface area (TPSA) is 84.3 Å². The molecule has 0 radical (unpaired) electrons. The van der Waals surface area contributed by atoms with Gasteiger partial charge in [0.25, 0.3) is 0 Å². The molecule has 1 aromatic heterocycles. The van der Waals surface area contributed by atoms with Crippen molar-refractivity contribution in [3.8, 4) is 0 Å². The van der Waals surface area contributed by atoms with Crippen molar-refractivity contribution in [1.29, 1.82) is 0 Å². The van der Waals surface area contributed by atoms with Gasteiger partial charge >= 0.3 is 0 Å². The SMILES string of the molecule is NC1=NN=C(N2CCC(N3C[C@H](Cn4cc(F)cn4)OC[C@@H]3Cc3ccc(Cl)cc3)CC2)C1. The van der Waals surface area contributed by atoms with E-state index in [9.17, 15) is 4.39 Å². The van der Waals surface area contributed by atoms with Crippen molar-refractivity contribution in [2.24, 2.45) is 15.9 Å². The number of morpholine rings is 1. The van der Waals surface area contributed by atoms with E-state index >= 15 is 0 Å². The fraction of sp³-hybridized carbons (Fsp3) is 0.522. The van der Waals surface area contributed by atoms with Gasteiger partial charge in [0.05, 0.1) is 38.1 Å². The number of rotatable bonds is 5. The third-order valence-electron chi connectivity index (χ3n) is 6.72. The van der Waals surface area contributed by atoms with E-state index in [1.54, 1.807) is 4.68 Å². The summed E-state index contributed by atoms with van der Waals surface area (Å²) in [6.07, 6.45) is 6.25. The van der Waals surface area contributed by atoms with Gasteiger partial charge in [0.1, 0.15) is 11.7 Å². The quantitative estimate of drug-likeness (QED) is 0.721. The molecule has 2 saturated heterocycles. The van der Waals surface area contributed by atoms with Crippen LogP contribution in [-0.2, 0) is 17.7 Å². The maximum atomic E-state index is 13.4. The number of nitrogens with two attached hydrogens (primary N) is 1. The molecule has 0 spiro atoms. The molecular weight excluding hydrogens is 445 g/mol. The molecule has 3 aliphatic rings. The second kappa shape index (κ2) is 9.79. The zero-order chi connectivity index (χ0) is 22.8. The summed E-state index contributed by atoms with van der Waals surface area (Å²) < 4.78 is 21.2. The Morgan fingerprint density at radius 1 is 1.15 bits per heavy atom. The van der Waals surface area contributed by atoms with Crippen LogP contribution < -0.4 is 5.73 Å². The Morgan fingerprint density at radius 2 is 1.94 bits per heavy atom. The lowest BCUT2D eigenvalue weighted by Crippen LogP contribution is -2.58. The van der Waals surface area contributed by atoms with Crippen molar-refractivity contribution in [2.45, 2.75) is 50.4 Å². The predicted molar refractivity (Wildman–Crippen MR) is 126 cm³/mol. The average Bonchev–Trinajstić information content (AvgIpc) is 3.44. The molecule has 0 bridgehead atoms. The summed E-state index contributed by atoms with van der Waals surface area (Å²) in [6, 6.07) is 8.77. The number of hydrogen-bond donors (Lipinski definition) is 1. The van der Waals surface area contributed by atoms with E-state index in [-0.39, 0.29) is 18.0 Å². The summed E-state index contributed by atoms with van der Waals surface area (Å²) >= 11 is 6.08. The van der Waals surface area contributed by atoms with Gasteiger partial charge in [-0.2, -0.15) is 5.10 Å². The molecule has 2 atom stereocenters. The van der Waals surface area contributed by atoms with Crippen LogP contribution in [0.5, 0.6) is 0 Å². The number of aromatic nitrogens is 2. The fourth-order valence-electron chi connectivity index (χ4n) is 5.04. The lowest BCUT2D eigenvalue weighted by Gasteiger charge is -2.47. The van der Waals surface area contributed by atoms with Gasteiger partial charge in [-0.25, -0.2) is 4.39 Å². The maximum absolute atomic E-state index is 13.4. The molecule has 3 aliphatic heterocycles. The van der Waals surface area contributed by atoms with Crippen molar-refractivity contribution in [3.05, 3.63) is 53.1 Å². The third kappa shape index (κ3) is 5.37. The highest BCUT2D eigenvalue weighted by atomic mass is 35.5. The van der Waals surface area contributed by atoms with Crippen molar-refractivity contribution >= 4 is 23.3 Å². The number of hydrogen-bond acceptors (Lipinski definition) is 7. The van der Waals surface area contributed by atoms with Gasteiger partial charge in [-0.05, 0) is 37.0 Å². The van der Waals surface area contributed by atoms with Gasteiger partial charge in [-0.3, -0.25) is 9.58 Å². The Bertz CT molecular complexity index is 1020. The number of nitrogens with zero attached hydrogens (tertiary/aromatic N) is 6. The molecule has 5 rings (SSSR count). The summed E-state index contributed by atoms with van der Waals surface area (Å²) in [5.41, 5.74) is 7.05. The lowest BCUT2D eigenvalue weighted by atomic mass is 9.96. The Kier molecular flexibility index (Phi) is 6.62. The van der Waals surface area contributed by atoms with Crippen molar-refractivity contribution in [3.63, 3.8) is 0 Å². The van der Waals surface area contributed by atoms with Crippen LogP contribution in [0.15, 0.2) is 46.9 Å². The largest absolute Gasteiger partial charge is 0.385 e. The highest BCUT2D eigenvalue weighted by Crippen LogP contribution is 2.26. The first-order chi connectivity index (χ1) is 16.0. The van der Waals surface area contributed by atoms with E-state index in [1.807, 2.05) is 12.1 Å². The van der Waals surface area contributed by atoms with Crippen LogP contribution in [0, 0.1) is 5.82 Å². The number of halogens is 2. The minimum Gasteiger partial charge on any atom is -0.385 e. The van der Waals surface area contributed by atoms with Crippen LogP contribution in [0.25, 0.3) is 0 Å². The standard InChI is InChI=1S/C23H29ClFN7O/c24-17-3-1-16(2-4-17)9-20-15-33-21(13-31-12-18(25)11-27-31)14-32(20)19-5-7-30(8-6-19)23-10-22(26)28-29-23/h1-4,11-12,19-21H,5-10,13-15H2,(H2,26,28)/t20-,21-/m0/s1. The smallest absolute Gasteiger partial charge is 0.161 e. The van der Waals surface area contributed by atoms with E-state index in [2.05, 4.69) is 37.2 Å². The minimum absolute atomic E-state index is 0.0313. The summed E-state index contributed by atoms with van der Waals surface area (Å²) in [7, 11) is 0. The molecule has 0 unspecified atom stereocenters. The molecule has 2 aromatic rings. The van der Waals surface area contributed by atoms with Gasteiger partial charge in [-0.15, -0.1) is 10.2 Å². The summed E-state index contributed by atoms with van der Waals surface area (Å²) in [4.78, 5) is 4.90. The van der Waals surface area contributed by atoms with E-state index in [4.69, 9.17) is 22.1 Å². The number of ether oxygens (including phenoxy) is 1. The number of benzene rings is 1. The molecule has 2 N–H and O–H groups in total. The van der Waals surface area contributed by atoms with Gasteiger partial charge < -0.3 is 15.4 Å². The summed E-state index contributed by atoms with van der Waals surface area (Å²) in [5, 5.41) is 13.1. The van der Waals surface area contributed by atoms with E-state index in [0.717, 1.165) is 49.8 Å². The highest BCUT2D eigenvalue weighted by molar-refractivity contribution is 6.30. The fourth-order valence-corrected chi connectivity index (χ4v) is 5.16. The molecule has 176 valence electrons. The maximum Gasteiger partial charge on any atom is 0.161 e. The minimum atomic E-state index is -0.324. The second-order valence-corrected chi connectivity index (χ2v) is 9.46. The highest BCUT2D eigenvalue weighted by Gasteiger charge is 2.36. The predicted octanol–water partition coefficient (Wildman–Crippen LogP) is 2.53. The first-order valence-corrected chi connectivity index (χ1v) is 11.8. The van der Waals surface area contributed by atoms with E-state index in [0.29, 0.717) is 31.4 Å². The van der Waals surface area contributed by atoms with Crippen LogP contribution in [0.2, 0.25) is 5.02 Å². The van der Waals surface area contributed by atoms with Crippen LogP contribution in [0.3, 0.4) is 0 Å². The molecule has 0 aliphatic carbocycles. The summed E-state index contributed by atoms with van der Waals surface area (Å²) in [5.74, 6) is 1.24. The Balaban J connectivity index is 1.26. The second-order valence-electron chi connectivity index (χ2n) is 9.02. The zero-order valence-corrected chi connectivity index (χ0v) is 19.2. The summed E-state index contributed by atoms with van der Waals surface area (Å²) in [6.45, 7) is 3.84. The molecule has 33 heavy (non-hydrogen) atoms. The Labute approximate surface area is 197 Å². The molecule has 4 heterocycles. The molecule has 2 fully saturated rings. The Hall–Kier alpha value is -2.49. The normalized spacial score (nSPS) is 24.7. The zero-order valence-electron chi connectivity index (χ0n) is 18.5. The first-order valence-electron chi connectivity index (χ1n) is 11.5. The van der Waals surface area contributed by atoms with E-state index < -0.39 is 0 Å².